The summed E-state index contributed by atoms with van der Waals surface area (Å²) in [7, 11) is 0. The number of aliphatic hydroxyl groups excluding tert-OH is 1. The molecular formula is C31H38ClN3O3. The van der Waals surface area contributed by atoms with Crippen LogP contribution in [0.15, 0.2) is 78.9 Å². The number of rotatable bonds is 14. The minimum Gasteiger partial charge on any atom is -0.390 e. The molecule has 3 rings (SSSR count). The predicted molar refractivity (Wildman–Crippen MR) is 153 cm³/mol. The van der Waals surface area contributed by atoms with E-state index in [1.54, 1.807) is 24.3 Å². The van der Waals surface area contributed by atoms with E-state index in [1.165, 1.54) is 0 Å². The van der Waals surface area contributed by atoms with Gasteiger partial charge in [-0.1, -0.05) is 74.0 Å². The van der Waals surface area contributed by atoms with Gasteiger partial charge in [-0.05, 0) is 60.7 Å². The van der Waals surface area contributed by atoms with E-state index in [2.05, 4.69) is 10.6 Å². The number of nitrogens with one attached hydrogen (secondary N) is 2. The molecule has 0 radical (unpaired) electrons. The third kappa shape index (κ3) is 8.98. The molecule has 0 bridgehead atoms. The quantitative estimate of drug-likeness (QED) is 0.268. The number of benzene rings is 3. The van der Waals surface area contributed by atoms with Gasteiger partial charge in [-0.25, -0.2) is 0 Å². The number of amides is 2. The standard InChI is InChI=1S/C31H38ClN3O3/c1-3-17-35(18-4-2)31(38)26-12-8-11-25(20-26)30(37)34-28(19-23-9-6-5-7-10-23)29(36)22-33-21-24-13-15-27(32)16-14-24/h5-16,20,28-29,33,36H,3-4,17-19,21-22H2,1-2H3,(H,34,37)/t28-,29+/m0/s1. The van der Waals surface area contributed by atoms with Crippen LogP contribution in [0.3, 0.4) is 0 Å². The third-order valence-electron chi connectivity index (χ3n) is 6.32. The Morgan fingerprint density at radius 3 is 2.18 bits per heavy atom. The lowest BCUT2D eigenvalue weighted by Gasteiger charge is -2.25. The maximum atomic E-state index is 13.3. The summed E-state index contributed by atoms with van der Waals surface area (Å²) in [6.07, 6.45) is 1.38. The number of nitrogens with zero attached hydrogens (tertiary/aromatic N) is 1. The normalized spacial score (nSPS) is 12.5. The molecular weight excluding hydrogens is 498 g/mol. The van der Waals surface area contributed by atoms with Gasteiger partial charge >= 0.3 is 0 Å². The van der Waals surface area contributed by atoms with Crippen molar-refractivity contribution in [2.75, 3.05) is 19.6 Å². The summed E-state index contributed by atoms with van der Waals surface area (Å²) in [5.41, 5.74) is 2.94. The van der Waals surface area contributed by atoms with Gasteiger partial charge in [-0.3, -0.25) is 9.59 Å². The fourth-order valence-electron chi connectivity index (χ4n) is 4.34. The van der Waals surface area contributed by atoms with Crippen molar-refractivity contribution < 1.29 is 14.7 Å². The van der Waals surface area contributed by atoms with E-state index in [0.717, 1.165) is 24.0 Å². The molecule has 3 aromatic carbocycles. The van der Waals surface area contributed by atoms with Crippen molar-refractivity contribution in [1.29, 1.82) is 0 Å². The first-order chi connectivity index (χ1) is 18.4. The van der Waals surface area contributed by atoms with Gasteiger partial charge in [-0.15, -0.1) is 0 Å². The Bertz CT molecular complexity index is 1150. The minimum absolute atomic E-state index is 0.0735. The molecule has 0 unspecified atom stereocenters. The molecule has 3 N–H and O–H groups in total. The highest BCUT2D eigenvalue weighted by molar-refractivity contribution is 6.30. The Balaban J connectivity index is 1.70. The molecule has 7 heteroatoms. The zero-order valence-corrected chi connectivity index (χ0v) is 23.0. The minimum atomic E-state index is -0.833. The first-order valence-corrected chi connectivity index (χ1v) is 13.7. The molecule has 0 aliphatic carbocycles. The van der Waals surface area contributed by atoms with E-state index in [4.69, 9.17) is 11.6 Å². The molecule has 6 nitrogen and oxygen atoms in total. The van der Waals surface area contributed by atoms with Crippen LogP contribution in [-0.2, 0) is 13.0 Å². The average molecular weight is 536 g/mol. The van der Waals surface area contributed by atoms with Crippen LogP contribution in [0, 0.1) is 0 Å². The second-order valence-corrected chi connectivity index (χ2v) is 9.90. The number of halogens is 1. The number of carbonyl (C=O) groups excluding carboxylic acids is 2. The van der Waals surface area contributed by atoms with Crippen molar-refractivity contribution in [2.24, 2.45) is 0 Å². The van der Waals surface area contributed by atoms with Gasteiger partial charge in [0.15, 0.2) is 0 Å². The summed E-state index contributed by atoms with van der Waals surface area (Å²) in [6, 6.07) is 23.6. The lowest BCUT2D eigenvalue weighted by atomic mass is 10.00. The van der Waals surface area contributed by atoms with Crippen LogP contribution in [0.25, 0.3) is 0 Å². The van der Waals surface area contributed by atoms with Crippen molar-refractivity contribution in [3.8, 4) is 0 Å². The Morgan fingerprint density at radius 1 is 0.868 bits per heavy atom. The summed E-state index contributed by atoms with van der Waals surface area (Å²) < 4.78 is 0. The van der Waals surface area contributed by atoms with Crippen LogP contribution >= 0.6 is 11.6 Å². The fraction of sp³-hybridized carbons (Fsp3) is 0.355. The fourth-order valence-corrected chi connectivity index (χ4v) is 4.47. The number of hydrogen-bond donors (Lipinski definition) is 3. The van der Waals surface area contributed by atoms with E-state index in [9.17, 15) is 14.7 Å². The second kappa shape index (κ2) is 15.3. The summed E-state index contributed by atoms with van der Waals surface area (Å²) in [5, 5.41) is 18.0. The van der Waals surface area contributed by atoms with E-state index in [-0.39, 0.29) is 11.8 Å². The molecule has 0 saturated heterocycles. The molecule has 2 atom stereocenters. The Labute approximate surface area is 231 Å². The molecule has 202 valence electrons. The van der Waals surface area contributed by atoms with Gasteiger partial charge in [-0.2, -0.15) is 0 Å². The van der Waals surface area contributed by atoms with Crippen LogP contribution in [0.5, 0.6) is 0 Å². The summed E-state index contributed by atoms with van der Waals surface area (Å²) in [6.45, 7) is 6.30. The van der Waals surface area contributed by atoms with Crippen LogP contribution in [0.1, 0.15) is 58.5 Å². The SMILES string of the molecule is CCCN(CCC)C(=O)c1cccc(C(=O)N[C@@H](Cc2ccccc2)[C@H](O)CNCc2ccc(Cl)cc2)c1. The lowest BCUT2D eigenvalue weighted by Crippen LogP contribution is -2.48. The van der Waals surface area contributed by atoms with Crippen molar-refractivity contribution in [2.45, 2.75) is 51.8 Å². The van der Waals surface area contributed by atoms with Gasteiger partial charge in [0.05, 0.1) is 12.1 Å². The Hall–Kier alpha value is -3.19. The van der Waals surface area contributed by atoms with Crippen LogP contribution < -0.4 is 10.6 Å². The molecule has 0 fully saturated rings. The smallest absolute Gasteiger partial charge is 0.253 e. The first-order valence-electron chi connectivity index (χ1n) is 13.3. The topological polar surface area (TPSA) is 81.7 Å². The first kappa shape index (κ1) is 29.4. The van der Waals surface area contributed by atoms with Crippen LogP contribution in [0.4, 0.5) is 0 Å². The number of aliphatic hydroxyl groups is 1. The molecule has 0 spiro atoms. The van der Waals surface area contributed by atoms with Gasteiger partial charge < -0.3 is 20.6 Å². The van der Waals surface area contributed by atoms with E-state index in [1.807, 2.05) is 73.3 Å². The molecule has 0 saturated carbocycles. The Kier molecular flexibility index (Phi) is 11.8. The maximum Gasteiger partial charge on any atom is 0.253 e. The van der Waals surface area contributed by atoms with E-state index in [0.29, 0.717) is 48.7 Å². The van der Waals surface area contributed by atoms with Crippen LogP contribution in [-0.4, -0.2) is 53.6 Å². The van der Waals surface area contributed by atoms with E-state index >= 15 is 0 Å². The highest BCUT2D eigenvalue weighted by Gasteiger charge is 2.23. The zero-order chi connectivity index (χ0) is 27.3. The molecule has 0 aromatic heterocycles. The van der Waals surface area contributed by atoms with Crippen molar-refractivity contribution >= 4 is 23.4 Å². The Morgan fingerprint density at radius 2 is 1.53 bits per heavy atom. The van der Waals surface area contributed by atoms with Gasteiger partial charge in [0, 0.05) is 42.3 Å². The average Bonchev–Trinajstić information content (AvgIpc) is 2.93. The monoisotopic (exact) mass is 535 g/mol. The molecule has 3 aromatic rings. The van der Waals surface area contributed by atoms with Gasteiger partial charge in [0.1, 0.15) is 0 Å². The van der Waals surface area contributed by atoms with Crippen molar-refractivity contribution in [1.82, 2.24) is 15.5 Å². The largest absolute Gasteiger partial charge is 0.390 e. The molecule has 0 heterocycles. The van der Waals surface area contributed by atoms with Crippen molar-refractivity contribution in [3.05, 3.63) is 106 Å². The highest BCUT2D eigenvalue weighted by atomic mass is 35.5. The molecule has 0 aliphatic heterocycles. The number of carbonyl (C=O) groups is 2. The lowest BCUT2D eigenvalue weighted by molar-refractivity contribution is 0.0755. The number of hydrogen-bond acceptors (Lipinski definition) is 4. The molecule has 0 aliphatic rings. The maximum absolute atomic E-state index is 13.3. The van der Waals surface area contributed by atoms with Gasteiger partial charge in [0.25, 0.3) is 11.8 Å². The summed E-state index contributed by atoms with van der Waals surface area (Å²) in [4.78, 5) is 28.2. The van der Waals surface area contributed by atoms with Gasteiger partial charge in [0.2, 0.25) is 0 Å². The highest BCUT2D eigenvalue weighted by Crippen LogP contribution is 2.13. The summed E-state index contributed by atoms with van der Waals surface area (Å²) in [5.74, 6) is -0.398. The van der Waals surface area contributed by atoms with Crippen molar-refractivity contribution in [3.63, 3.8) is 0 Å². The summed E-state index contributed by atoms with van der Waals surface area (Å²) >= 11 is 5.96. The predicted octanol–water partition coefficient (Wildman–Crippen LogP) is 5.09. The molecule has 38 heavy (non-hydrogen) atoms. The zero-order valence-electron chi connectivity index (χ0n) is 22.2. The molecule has 2 amide bonds. The van der Waals surface area contributed by atoms with Crippen LogP contribution in [0.2, 0.25) is 5.02 Å². The second-order valence-electron chi connectivity index (χ2n) is 9.47. The third-order valence-corrected chi connectivity index (χ3v) is 6.57. The van der Waals surface area contributed by atoms with E-state index < -0.39 is 12.1 Å².